The minimum Gasteiger partial charge on any atom is -0.336 e. The number of fused-ring (bicyclic) bond motifs is 1. The molecule has 1 fully saturated rings. The van der Waals surface area contributed by atoms with Gasteiger partial charge in [-0.15, -0.1) is 0 Å². The monoisotopic (exact) mass is 440 g/mol. The largest absolute Gasteiger partial charge is 0.336 e. The van der Waals surface area contributed by atoms with Gasteiger partial charge in [0.05, 0.1) is 22.3 Å². The second-order valence-corrected chi connectivity index (χ2v) is 9.05. The first-order valence-corrected chi connectivity index (χ1v) is 10.9. The van der Waals surface area contributed by atoms with Crippen LogP contribution in [-0.4, -0.2) is 58.5 Å². The lowest BCUT2D eigenvalue weighted by atomic mass is 10.2. The highest BCUT2D eigenvalue weighted by molar-refractivity contribution is 7.89. The summed E-state index contributed by atoms with van der Waals surface area (Å²) >= 11 is 6.92. The molecule has 1 aliphatic heterocycles. The summed E-state index contributed by atoms with van der Waals surface area (Å²) in [7, 11) is -3.76. The van der Waals surface area contributed by atoms with Crippen LogP contribution < -0.4 is 0 Å². The number of sulfonamides is 1. The first-order chi connectivity index (χ1) is 13.4. The molecule has 0 spiro atoms. The summed E-state index contributed by atoms with van der Waals surface area (Å²) in [5, 5.41) is 0.0303. The maximum absolute atomic E-state index is 13.2. The lowest BCUT2D eigenvalue weighted by Crippen LogP contribution is -2.50. The molecule has 1 aromatic heterocycles. The number of carbonyl (C=O) groups excluding carboxylic acids is 1. The van der Waals surface area contributed by atoms with E-state index in [0.29, 0.717) is 11.0 Å². The molecule has 2 heterocycles. The van der Waals surface area contributed by atoms with Crippen molar-refractivity contribution in [3.05, 3.63) is 52.8 Å². The summed E-state index contributed by atoms with van der Waals surface area (Å²) in [6.07, 6.45) is 0. The number of rotatable bonds is 3. The number of halogens is 2. The second-order valence-electron chi connectivity index (χ2n) is 6.21. The predicted octanol–water partition coefficient (Wildman–Crippen LogP) is 2.63. The van der Waals surface area contributed by atoms with E-state index in [0.717, 1.165) is 17.8 Å². The molecule has 0 aliphatic carbocycles. The highest BCUT2D eigenvalue weighted by atomic mass is 35.5. The third-order valence-corrected chi connectivity index (χ3v) is 7.34. The summed E-state index contributed by atoms with van der Waals surface area (Å²) < 4.78 is 48.8. The Morgan fingerprint density at radius 1 is 1.11 bits per heavy atom. The van der Waals surface area contributed by atoms with E-state index < -0.39 is 15.8 Å². The Bertz CT molecular complexity index is 1160. The molecule has 1 saturated heterocycles. The van der Waals surface area contributed by atoms with Crippen LogP contribution in [0.15, 0.2) is 41.3 Å². The standard InChI is InChI=1S/C17H14ClFN4O3S2/c18-13-10-11(19)4-5-12(13)17(24)22-6-8-23(9-7-22)28(25,26)15-3-1-2-14-16(15)21-27-20-14/h1-5,10H,6-9H2. The topological polar surface area (TPSA) is 83.5 Å². The van der Waals surface area contributed by atoms with Crippen LogP contribution in [0, 0.1) is 5.82 Å². The quantitative estimate of drug-likeness (QED) is 0.625. The first kappa shape index (κ1) is 19.2. The lowest BCUT2D eigenvalue weighted by Gasteiger charge is -2.34. The molecule has 3 aromatic rings. The van der Waals surface area contributed by atoms with Crippen molar-refractivity contribution >= 4 is 50.3 Å². The second kappa shape index (κ2) is 7.36. The summed E-state index contributed by atoms with van der Waals surface area (Å²) in [6.45, 7) is 0.690. The molecule has 1 aliphatic rings. The molecule has 0 saturated carbocycles. The number of benzene rings is 2. The van der Waals surface area contributed by atoms with Gasteiger partial charge in [0.25, 0.3) is 5.91 Å². The molecule has 0 unspecified atom stereocenters. The normalized spacial score (nSPS) is 15.9. The number of carbonyl (C=O) groups is 1. The maximum Gasteiger partial charge on any atom is 0.255 e. The van der Waals surface area contributed by atoms with E-state index in [4.69, 9.17) is 11.6 Å². The van der Waals surface area contributed by atoms with Crippen molar-refractivity contribution in [3.8, 4) is 0 Å². The Hall–Kier alpha value is -2.14. The van der Waals surface area contributed by atoms with Crippen molar-refractivity contribution in [3.63, 3.8) is 0 Å². The van der Waals surface area contributed by atoms with Gasteiger partial charge in [-0.05, 0) is 30.3 Å². The van der Waals surface area contributed by atoms with Crippen molar-refractivity contribution in [1.82, 2.24) is 18.0 Å². The molecule has 7 nitrogen and oxygen atoms in total. The Balaban J connectivity index is 1.52. The smallest absolute Gasteiger partial charge is 0.255 e. The summed E-state index contributed by atoms with van der Waals surface area (Å²) in [5.41, 5.74) is 1.08. The molecule has 2 aromatic carbocycles. The minimum atomic E-state index is -3.76. The number of amides is 1. The molecular weight excluding hydrogens is 427 g/mol. The Kier molecular flexibility index (Phi) is 5.04. The zero-order valence-electron chi connectivity index (χ0n) is 14.4. The lowest BCUT2D eigenvalue weighted by molar-refractivity contribution is 0.0698. The molecular formula is C17H14ClFN4O3S2. The van der Waals surface area contributed by atoms with Crippen LogP contribution in [0.3, 0.4) is 0 Å². The maximum atomic E-state index is 13.2. The fourth-order valence-electron chi connectivity index (χ4n) is 3.09. The van der Waals surface area contributed by atoms with Crippen LogP contribution in [0.25, 0.3) is 11.0 Å². The SMILES string of the molecule is O=C(c1ccc(F)cc1Cl)N1CCN(S(=O)(=O)c2cccc3nsnc23)CC1. The summed E-state index contributed by atoms with van der Waals surface area (Å²) in [4.78, 5) is 14.3. The van der Waals surface area contributed by atoms with E-state index in [1.54, 1.807) is 12.1 Å². The first-order valence-electron chi connectivity index (χ1n) is 8.34. The molecule has 28 heavy (non-hydrogen) atoms. The van der Waals surface area contributed by atoms with Gasteiger partial charge in [-0.25, -0.2) is 12.8 Å². The van der Waals surface area contributed by atoms with E-state index in [1.807, 2.05) is 0 Å². The third-order valence-electron chi connectivity index (χ3n) is 4.55. The predicted molar refractivity (Wildman–Crippen MR) is 103 cm³/mol. The average Bonchev–Trinajstić information content (AvgIpc) is 3.16. The van der Waals surface area contributed by atoms with Crippen LogP contribution in [0.1, 0.15) is 10.4 Å². The Labute approximate surface area is 169 Å². The molecule has 11 heteroatoms. The fourth-order valence-corrected chi connectivity index (χ4v) is 5.52. The number of nitrogens with zero attached hydrogens (tertiary/aromatic N) is 4. The van der Waals surface area contributed by atoms with Crippen LogP contribution in [0.4, 0.5) is 4.39 Å². The van der Waals surface area contributed by atoms with Gasteiger partial charge in [-0.2, -0.15) is 13.1 Å². The van der Waals surface area contributed by atoms with E-state index in [-0.39, 0.29) is 47.6 Å². The summed E-state index contributed by atoms with van der Waals surface area (Å²) in [5.74, 6) is -0.879. The van der Waals surface area contributed by atoms with Crippen molar-refractivity contribution in [2.24, 2.45) is 0 Å². The zero-order chi connectivity index (χ0) is 19.9. The number of hydrogen-bond donors (Lipinski definition) is 0. The van der Waals surface area contributed by atoms with Gasteiger partial charge in [0.15, 0.2) is 0 Å². The van der Waals surface area contributed by atoms with Gasteiger partial charge in [0.2, 0.25) is 10.0 Å². The van der Waals surface area contributed by atoms with Crippen molar-refractivity contribution in [2.45, 2.75) is 4.90 Å². The van der Waals surface area contributed by atoms with Gasteiger partial charge in [0, 0.05) is 26.2 Å². The van der Waals surface area contributed by atoms with Gasteiger partial charge < -0.3 is 4.90 Å². The van der Waals surface area contributed by atoms with Crippen molar-refractivity contribution < 1.29 is 17.6 Å². The molecule has 146 valence electrons. The fraction of sp³-hybridized carbons (Fsp3) is 0.235. The van der Waals surface area contributed by atoms with E-state index >= 15 is 0 Å². The van der Waals surface area contributed by atoms with E-state index in [9.17, 15) is 17.6 Å². The molecule has 1 amide bonds. The molecule has 0 atom stereocenters. The van der Waals surface area contributed by atoms with Crippen LogP contribution in [0.2, 0.25) is 5.02 Å². The van der Waals surface area contributed by atoms with Crippen LogP contribution in [-0.2, 0) is 10.0 Å². The Morgan fingerprint density at radius 3 is 2.57 bits per heavy atom. The zero-order valence-corrected chi connectivity index (χ0v) is 16.8. The average molecular weight is 441 g/mol. The molecule has 0 N–H and O–H groups in total. The molecule has 0 bridgehead atoms. The molecule has 0 radical (unpaired) electrons. The van der Waals surface area contributed by atoms with Crippen LogP contribution >= 0.6 is 23.3 Å². The highest BCUT2D eigenvalue weighted by Crippen LogP contribution is 2.26. The number of hydrogen-bond acceptors (Lipinski definition) is 6. The van der Waals surface area contributed by atoms with E-state index in [2.05, 4.69) is 8.75 Å². The minimum absolute atomic E-state index is 0.0303. The van der Waals surface area contributed by atoms with Crippen molar-refractivity contribution in [1.29, 1.82) is 0 Å². The molecule has 4 rings (SSSR count). The Morgan fingerprint density at radius 2 is 1.86 bits per heavy atom. The van der Waals surface area contributed by atoms with Crippen LogP contribution in [0.5, 0.6) is 0 Å². The summed E-state index contributed by atoms with van der Waals surface area (Å²) in [6, 6.07) is 8.43. The number of aromatic nitrogens is 2. The van der Waals surface area contributed by atoms with Gasteiger partial charge in [-0.1, -0.05) is 17.7 Å². The van der Waals surface area contributed by atoms with Gasteiger partial charge >= 0.3 is 0 Å². The van der Waals surface area contributed by atoms with Gasteiger partial charge in [-0.3, -0.25) is 4.79 Å². The highest BCUT2D eigenvalue weighted by Gasteiger charge is 2.32. The number of piperazine rings is 1. The van der Waals surface area contributed by atoms with E-state index in [1.165, 1.54) is 27.4 Å². The third kappa shape index (κ3) is 3.37. The van der Waals surface area contributed by atoms with Gasteiger partial charge in [0.1, 0.15) is 21.7 Å². The van der Waals surface area contributed by atoms with Crippen molar-refractivity contribution in [2.75, 3.05) is 26.2 Å².